The van der Waals surface area contributed by atoms with Crippen molar-refractivity contribution in [1.29, 1.82) is 0 Å². The summed E-state index contributed by atoms with van der Waals surface area (Å²) < 4.78 is 13.3. The SMILES string of the molecule is Cl.Cn1ccnc1C1CNCCN1C(=O)c1ccc(OCC2CCCO2)cc1. The lowest BCUT2D eigenvalue weighted by Gasteiger charge is -2.35. The predicted molar refractivity (Wildman–Crippen MR) is 108 cm³/mol. The molecule has 7 nitrogen and oxygen atoms in total. The van der Waals surface area contributed by atoms with Gasteiger partial charge in [-0.2, -0.15) is 0 Å². The number of carbonyl (C=O) groups is 1. The quantitative estimate of drug-likeness (QED) is 0.824. The van der Waals surface area contributed by atoms with E-state index in [4.69, 9.17) is 9.47 Å². The molecule has 1 aromatic carbocycles. The van der Waals surface area contributed by atoms with Gasteiger partial charge in [0.15, 0.2) is 0 Å². The van der Waals surface area contributed by atoms with Crippen molar-refractivity contribution in [3.05, 3.63) is 48.0 Å². The van der Waals surface area contributed by atoms with Gasteiger partial charge in [-0.1, -0.05) is 0 Å². The van der Waals surface area contributed by atoms with E-state index in [1.54, 1.807) is 6.20 Å². The number of nitrogens with one attached hydrogen (secondary N) is 1. The summed E-state index contributed by atoms with van der Waals surface area (Å²) in [5, 5.41) is 3.36. The number of imidazole rings is 1. The first-order chi connectivity index (χ1) is 13.2. The molecule has 2 aliphatic heterocycles. The number of hydrogen-bond donors (Lipinski definition) is 1. The van der Waals surface area contributed by atoms with Gasteiger partial charge in [0.25, 0.3) is 5.91 Å². The van der Waals surface area contributed by atoms with Gasteiger partial charge in [0, 0.05) is 51.2 Å². The third-order valence-corrected chi connectivity index (χ3v) is 5.22. The van der Waals surface area contributed by atoms with Crippen molar-refractivity contribution in [2.75, 3.05) is 32.8 Å². The van der Waals surface area contributed by atoms with E-state index in [0.717, 1.165) is 37.6 Å². The number of nitrogens with zero attached hydrogens (tertiary/aromatic N) is 3. The average molecular weight is 407 g/mol. The molecule has 2 fully saturated rings. The van der Waals surface area contributed by atoms with E-state index in [9.17, 15) is 4.79 Å². The Morgan fingerprint density at radius 2 is 2.18 bits per heavy atom. The van der Waals surface area contributed by atoms with Gasteiger partial charge in [0.2, 0.25) is 0 Å². The van der Waals surface area contributed by atoms with E-state index in [1.807, 2.05) is 47.0 Å². The molecule has 0 radical (unpaired) electrons. The molecule has 0 aliphatic carbocycles. The molecule has 8 heteroatoms. The minimum absolute atomic E-state index is 0. The van der Waals surface area contributed by atoms with E-state index in [1.165, 1.54) is 0 Å². The van der Waals surface area contributed by atoms with Crippen LogP contribution in [0.1, 0.15) is 35.1 Å². The number of halogens is 1. The monoisotopic (exact) mass is 406 g/mol. The Morgan fingerprint density at radius 1 is 1.36 bits per heavy atom. The highest BCUT2D eigenvalue weighted by atomic mass is 35.5. The van der Waals surface area contributed by atoms with Crippen LogP contribution in [0.15, 0.2) is 36.7 Å². The molecular weight excluding hydrogens is 380 g/mol. The highest BCUT2D eigenvalue weighted by Gasteiger charge is 2.31. The van der Waals surface area contributed by atoms with Crippen LogP contribution in [0.5, 0.6) is 5.75 Å². The van der Waals surface area contributed by atoms with Crippen LogP contribution < -0.4 is 10.1 Å². The molecule has 0 saturated carbocycles. The minimum Gasteiger partial charge on any atom is -0.491 e. The van der Waals surface area contributed by atoms with Crippen molar-refractivity contribution in [3.8, 4) is 5.75 Å². The van der Waals surface area contributed by atoms with Gasteiger partial charge in [0.05, 0.1) is 6.10 Å². The molecule has 2 saturated heterocycles. The fraction of sp³-hybridized carbons (Fsp3) is 0.500. The average Bonchev–Trinajstić information content (AvgIpc) is 3.38. The van der Waals surface area contributed by atoms with Gasteiger partial charge in [-0.25, -0.2) is 4.98 Å². The Balaban J connectivity index is 0.00000225. The Kier molecular flexibility index (Phi) is 6.93. The molecule has 2 atom stereocenters. The maximum absolute atomic E-state index is 13.1. The highest BCUT2D eigenvalue weighted by Crippen LogP contribution is 2.24. The van der Waals surface area contributed by atoms with Crippen molar-refractivity contribution in [1.82, 2.24) is 19.8 Å². The van der Waals surface area contributed by atoms with Gasteiger partial charge < -0.3 is 24.3 Å². The second-order valence-electron chi connectivity index (χ2n) is 7.09. The Hall–Kier alpha value is -2.09. The molecule has 152 valence electrons. The molecule has 2 aromatic rings. The summed E-state index contributed by atoms with van der Waals surface area (Å²) in [6.45, 7) is 3.54. The molecule has 0 bridgehead atoms. The lowest BCUT2D eigenvalue weighted by atomic mass is 10.1. The largest absolute Gasteiger partial charge is 0.491 e. The van der Waals surface area contributed by atoms with Crippen LogP contribution in [0.2, 0.25) is 0 Å². The molecule has 2 aliphatic rings. The lowest BCUT2D eigenvalue weighted by Crippen LogP contribution is -2.49. The van der Waals surface area contributed by atoms with E-state index < -0.39 is 0 Å². The molecule has 1 amide bonds. The molecular formula is C20H27ClN4O3. The van der Waals surface area contributed by atoms with E-state index >= 15 is 0 Å². The van der Waals surface area contributed by atoms with Crippen molar-refractivity contribution >= 4 is 18.3 Å². The number of ether oxygens (including phenoxy) is 2. The predicted octanol–water partition coefficient (Wildman–Crippen LogP) is 2.19. The number of aromatic nitrogens is 2. The molecule has 0 spiro atoms. The molecule has 1 aromatic heterocycles. The van der Waals surface area contributed by atoms with Gasteiger partial charge in [0.1, 0.15) is 24.2 Å². The van der Waals surface area contributed by atoms with Crippen molar-refractivity contribution in [2.24, 2.45) is 7.05 Å². The maximum Gasteiger partial charge on any atom is 0.254 e. The standard InChI is InChI=1S/C20H26N4O3.ClH/c1-23-10-9-22-19(23)18-13-21-8-11-24(18)20(25)15-4-6-16(7-5-15)27-14-17-3-2-12-26-17;/h4-7,9-10,17-18,21H,2-3,8,11-14H2,1H3;1H. The minimum atomic E-state index is -0.0679. The Morgan fingerprint density at radius 3 is 2.86 bits per heavy atom. The second-order valence-corrected chi connectivity index (χ2v) is 7.09. The zero-order valence-corrected chi connectivity index (χ0v) is 16.9. The summed E-state index contributed by atoms with van der Waals surface area (Å²) in [6, 6.07) is 7.33. The van der Waals surface area contributed by atoms with Crippen LogP contribution >= 0.6 is 12.4 Å². The van der Waals surface area contributed by atoms with Crippen molar-refractivity contribution in [2.45, 2.75) is 25.0 Å². The first-order valence-electron chi connectivity index (χ1n) is 9.56. The molecule has 28 heavy (non-hydrogen) atoms. The van der Waals surface area contributed by atoms with Crippen molar-refractivity contribution in [3.63, 3.8) is 0 Å². The second kappa shape index (κ2) is 9.41. The summed E-state index contributed by atoms with van der Waals surface area (Å²) >= 11 is 0. The third kappa shape index (κ3) is 4.48. The number of hydrogen-bond acceptors (Lipinski definition) is 5. The highest BCUT2D eigenvalue weighted by molar-refractivity contribution is 5.94. The van der Waals surface area contributed by atoms with Gasteiger partial charge in [-0.3, -0.25) is 4.79 Å². The fourth-order valence-corrected chi connectivity index (χ4v) is 3.70. The topological polar surface area (TPSA) is 68.6 Å². The first-order valence-corrected chi connectivity index (χ1v) is 9.56. The van der Waals surface area contributed by atoms with Gasteiger partial charge in [-0.15, -0.1) is 12.4 Å². The fourth-order valence-electron chi connectivity index (χ4n) is 3.70. The van der Waals surface area contributed by atoms with Crippen LogP contribution in [-0.2, 0) is 11.8 Å². The summed E-state index contributed by atoms with van der Waals surface area (Å²) in [5.41, 5.74) is 0.667. The smallest absolute Gasteiger partial charge is 0.254 e. The molecule has 1 N–H and O–H groups in total. The van der Waals surface area contributed by atoms with Crippen LogP contribution in [0, 0.1) is 0 Å². The zero-order chi connectivity index (χ0) is 18.6. The number of aryl methyl sites for hydroxylation is 1. The maximum atomic E-state index is 13.1. The Labute approximate surface area is 171 Å². The normalized spacial score (nSPS) is 22.0. The summed E-state index contributed by atoms with van der Waals surface area (Å²) in [6.07, 6.45) is 6.02. The van der Waals surface area contributed by atoms with E-state index in [2.05, 4.69) is 10.3 Å². The molecule has 4 rings (SSSR count). The van der Waals surface area contributed by atoms with Crippen LogP contribution in [-0.4, -0.2) is 59.3 Å². The first kappa shape index (κ1) is 20.6. The number of benzene rings is 1. The molecule has 2 unspecified atom stereocenters. The third-order valence-electron chi connectivity index (χ3n) is 5.22. The van der Waals surface area contributed by atoms with Crippen LogP contribution in [0.4, 0.5) is 0 Å². The zero-order valence-electron chi connectivity index (χ0n) is 16.0. The number of carbonyl (C=O) groups excluding carboxylic acids is 1. The van der Waals surface area contributed by atoms with Crippen LogP contribution in [0.3, 0.4) is 0 Å². The summed E-state index contributed by atoms with van der Waals surface area (Å²) in [7, 11) is 1.96. The Bertz CT molecular complexity index is 774. The number of rotatable bonds is 5. The number of amides is 1. The van der Waals surface area contributed by atoms with Crippen LogP contribution in [0.25, 0.3) is 0 Å². The van der Waals surface area contributed by atoms with E-state index in [-0.39, 0.29) is 30.5 Å². The van der Waals surface area contributed by atoms with E-state index in [0.29, 0.717) is 25.3 Å². The van der Waals surface area contributed by atoms with Crippen molar-refractivity contribution < 1.29 is 14.3 Å². The van der Waals surface area contributed by atoms with Gasteiger partial charge >= 0.3 is 0 Å². The summed E-state index contributed by atoms with van der Waals surface area (Å²) in [4.78, 5) is 19.4. The van der Waals surface area contributed by atoms with Gasteiger partial charge in [-0.05, 0) is 37.1 Å². The number of piperazine rings is 1. The lowest BCUT2D eigenvalue weighted by molar-refractivity contribution is 0.0619. The summed E-state index contributed by atoms with van der Waals surface area (Å²) in [5.74, 6) is 1.69. The molecule has 3 heterocycles.